The van der Waals surface area contributed by atoms with Gasteiger partial charge in [0.2, 0.25) is 0 Å². The molecule has 30 heavy (non-hydrogen) atoms. The number of aromatic nitrogens is 6. The fourth-order valence-electron chi connectivity index (χ4n) is 4.10. The lowest BCUT2D eigenvalue weighted by molar-refractivity contribution is 0.100. The Morgan fingerprint density at radius 2 is 1.63 bits per heavy atom. The number of rotatable bonds is 4. The number of aryl methyl sites for hydroxylation is 1. The average Bonchev–Trinajstić information content (AvgIpc) is 3.44. The van der Waals surface area contributed by atoms with E-state index in [2.05, 4.69) is 32.3 Å². The molecule has 1 fully saturated rings. The van der Waals surface area contributed by atoms with Gasteiger partial charge in [0.1, 0.15) is 0 Å². The van der Waals surface area contributed by atoms with Crippen LogP contribution in [0.2, 0.25) is 0 Å². The Bertz CT molecular complexity index is 1150. The summed E-state index contributed by atoms with van der Waals surface area (Å²) in [4.78, 5) is 9.18. The highest BCUT2D eigenvalue weighted by atomic mass is 16.3. The second kappa shape index (κ2) is 7.84. The molecule has 1 aliphatic rings. The zero-order valence-corrected chi connectivity index (χ0v) is 16.9. The van der Waals surface area contributed by atoms with E-state index >= 15 is 0 Å². The molecule has 3 aromatic heterocycles. The normalized spacial score (nSPS) is 19.1. The van der Waals surface area contributed by atoms with Gasteiger partial charge in [0.05, 0.1) is 24.5 Å². The van der Waals surface area contributed by atoms with E-state index in [1.54, 1.807) is 4.68 Å². The smallest absolute Gasteiger partial charge is 0.159 e. The standard InChI is InChI=1S/C23H24N6O/c1-28-14-19(12-26-28)16-4-2-5-17(8-16)23-24-10-18(11-25-23)20-13-27-29(15-20)21-6-3-7-22(30)9-21/h2,4-5,8,10-15,21-22,30H,3,6-7,9H2,1H3. The highest BCUT2D eigenvalue weighted by Crippen LogP contribution is 2.30. The third-order valence-electron chi connectivity index (χ3n) is 5.74. The van der Waals surface area contributed by atoms with Crippen molar-refractivity contribution < 1.29 is 5.11 Å². The summed E-state index contributed by atoms with van der Waals surface area (Å²) < 4.78 is 3.77. The Hall–Kier alpha value is -3.32. The number of benzene rings is 1. The molecule has 7 nitrogen and oxygen atoms in total. The van der Waals surface area contributed by atoms with E-state index in [0.717, 1.165) is 53.5 Å². The third-order valence-corrected chi connectivity index (χ3v) is 5.74. The van der Waals surface area contributed by atoms with Gasteiger partial charge in [-0.05, 0) is 37.3 Å². The third kappa shape index (κ3) is 3.76. The van der Waals surface area contributed by atoms with E-state index < -0.39 is 0 Å². The van der Waals surface area contributed by atoms with Crippen molar-refractivity contribution in [2.75, 3.05) is 0 Å². The van der Waals surface area contributed by atoms with Crippen LogP contribution in [-0.2, 0) is 7.05 Å². The molecule has 4 aromatic rings. The van der Waals surface area contributed by atoms with Crippen LogP contribution in [0.4, 0.5) is 0 Å². The fraction of sp³-hybridized carbons (Fsp3) is 0.304. The van der Waals surface area contributed by atoms with Crippen LogP contribution in [0.25, 0.3) is 33.6 Å². The van der Waals surface area contributed by atoms with Gasteiger partial charge in [0.25, 0.3) is 0 Å². The monoisotopic (exact) mass is 400 g/mol. The van der Waals surface area contributed by atoms with Gasteiger partial charge < -0.3 is 5.11 Å². The maximum Gasteiger partial charge on any atom is 0.159 e. The quantitative estimate of drug-likeness (QED) is 0.562. The molecule has 3 heterocycles. The van der Waals surface area contributed by atoms with Crippen molar-refractivity contribution >= 4 is 0 Å². The lowest BCUT2D eigenvalue weighted by Gasteiger charge is -2.25. The highest BCUT2D eigenvalue weighted by Gasteiger charge is 2.22. The van der Waals surface area contributed by atoms with Crippen LogP contribution in [-0.4, -0.2) is 40.7 Å². The SMILES string of the molecule is Cn1cc(-c2cccc(-c3ncc(-c4cnn(C5CCCC(O)C5)c4)cn3)c2)cn1. The van der Waals surface area contributed by atoms with Crippen LogP contribution in [0.1, 0.15) is 31.7 Å². The minimum atomic E-state index is -0.221. The molecule has 0 spiro atoms. The molecule has 2 unspecified atom stereocenters. The molecular formula is C23H24N6O. The van der Waals surface area contributed by atoms with Gasteiger partial charge in [-0.2, -0.15) is 10.2 Å². The Kier molecular flexibility index (Phi) is 4.88. The zero-order chi connectivity index (χ0) is 20.5. The van der Waals surface area contributed by atoms with Crippen LogP contribution in [0, 0.1) is 0 Å². The van der Waals surface area contributed by atoms with Crippen molar-refractivity contribution in [2.24, 2.45) is 7.05 Å². The molecule has 1 N–H and O–H groups in total. The molecule has 2 atom stereocenters. The van der Waals surface area contributed by atoms with E-state index in [4.69, 9.17) is 0 Å². The van der Waals surface area contributed by atoms with Crippen molar-refractivity contribution in [3.05, 3.63) is 61.4 Å². The molecule has 7 heteroatoms. The molecule has 1 saturated carbocycles. The molecule has 0 radical (unpaired) electrons. The fourth-order valence-corrected chi connectivity index (χ4v) is 4.10. The molecule has 0 amide bonds. The molecule has 0 saturated heterocycles. The topological polar surface area (TPSA) is 81.7 Å². The van der Waals surface area contributed by atoms with Crippen molar-refractivity contribution in [3.63, 3.8) is 0 Å². The molecule has 152 valence electrons. The summed E-state index contributed by atoms with van der Waals surface area (Å²) >= 11 is 0. The minimum Gasteiger partial charge on any atom is -0.393 e. The predicted octanol–water partition coefficient (Wildman–Crippen LogP) is 3.88. The number of aliphatic hydroxyl groups excluding tert-OH is 1. The lowest BCUT2D eigenvalue weighted by atomic mass is 9.93. The van der Waals surface area contributed by atoms with Crippen LogP contribution in [0.5, 0.6) is 0 Å². The van der Waals surface area contributed by atoms with E-state index in [0.29, 0.717) is 5.82 Å². The molecule has 1 aliphatic carbocycles. The first-order valence-corrected chi connectivity index (χ1v) is 10.3. The van der Waals surface area contributed by atoms with Gasteiger partial charge in [-0.3, -0.25) is 9.36 Å². The van der Waals surface area contributed by atoms with E-state index in [9.17, 15) is 5.11 Å². The van der Waals surface area contributed by atoms with Gasteiger partial charge in [0.15, 0.2) is 5.82 Å². The van der Waals surface area contributed by atoms with Gasteiger partial charge >= 0.3 is 0 Å². The summed E-state index contributed by atoms with van der Waals surface area (Å²) in [5.41, 5.74) is 5.05. The second-order valence-electron chi connectivity index (χ2n) is 7.96. The largest absolute Gasteiger partial charge is 0.393 e. The molecule has 1 aromatic carbocycles. The van der Waals surface area contributed by atoms with Crippen molar-refractivity contribution in [3.8, 4) is 33.6 Å². The lowest BCUT2D eigenvalue weighted by Crippen LogP contribution is -2.22. The van der Waals surface area contributed by atoms with Crippen LogP contribution >= 0.6 is 0 Å². The summed E-state index contributed by atoms with van der Waals surface area (Å²) in [7, 11) is 1.91. The summed E-state index contributed by atoms with van der Waals surface area (Å²) in [6.07, 6.45) is 14.9. The summed E-state index contributed by atoms with van der Waals surface area (Å²) in [5.74, 6) is 0.687. The predicted molar refractivity (Wildman–Crippen MR) is 114 cm³/mol. The second-order valence-corrected chi connectivity index (χ2v) is 7.96. The minimum absolute atomic E-state index is 0.221. The molecule has 0 aliphatic heterocycles. The Balaban J connectivity index is 1.36. The van der Waals surface area contributed by atoms with Crippen LogP contribution < -0.4 is 0 Å². The van der Waals surface area contributed by atoms with E-state index in [1.807, 2.05) is 61.0 Å². The van der Waals surface area contributed by atoms with Crippen molar-refractivity contribution in [1.29, 1.82) is 0 Å². The number of aliphatic hydroxyl groups is 1. The molecular weight excluding hydrogens is 376 g/mol. The maximum absolute atomic E-state index is 9.93. The van der Waals surface area contributed by atoms with Gasteiger partial charge in [-0.25, -0.2) is 9.97 Å². The Morgan fingerprint density at radius 1 is 0.867 bits per heavy atom. The average molecular weight is 400 g/mol. The van der Waals surface area contributed by atoms with Crippen LogP contribution in [0.3, 0.4) is 0 Å². The first-order chi connectivity index (χ1) is 14.7. The first-order valence-electron chi connectivity index (χ1n) is 10.3. The number of hydrogen-bond donors (Lipinski definition) is 1. The summed E-state index contributed by atoms with van der Waals surface area (Å²) in [5, 5.41) is 18.7. The van der Waals surface area contributed by atoms with Gasteiger partial charge in [0, 0.05) is 54.1 Å². The van der Waals surface area contributed by atoms with Crippen molar-refractivity contribution in [1.82, 2.24) is 29.5 Å². The summed E-state index contributed by atoms with van der Waals surface area (Å²) in [6.45, 7) is 0. The van der Waals surface area contributed by atoms with Gasteiger partial charge in [-0.15, -0.1) is 0 Å². The highest BCUT2D eigenvalue weighted by molar-refractivity contribution is 5.70. The van der Waals surface area contributed by atoms with E-state index in [1.165, 1.54) is 0 Å². The summed E-state index contributed by atoms with van der Waals surface area (Å²) in [6, 6.07) is 8.43. The number of hydrogen-bond acceptors (Lipinski definition) is 5. The number of nitrogens with zero attached hydrogens (tertiary/aromatic N) is 6. The first kappa shape index (κ1) is 18.7. The molecule has 5 rings (SSSR count). The molecule has 0 bridgehead atoms. The van der Waals surface area contributed by atoms with Crippen LogP contribution in [0.15, 0.2) is 61.4 Å². The Morgan fingerprint density at radius 3 is 2.40 bits per heavy atom. The zero-order valence-electron chi connectivity index (χ0n) is 16.9. The van der Waals surface area contributed by atoms with Crippen molar-refractivity contribution in [2.45, 2.75) is 37.8 Å². The maximum atomic E-state index is 9.93. The van der Waals surface area contributed by atoms with Gasteiger partial charge in [-0.1, -0.05) is 18.2 Å². The Labute approximate surface area is 175 Å². The van der Waals surface area contributed by atoms with E-state index in [-0.39, 0.29) is 12.1 Å².